The molecule has 2 fully saturated rings. The molecule has 2 aromatic rings. The van der Waals surface area contributed by atoms with Crippen molar-refractivity contribution in [2.45, 2.75) is 62.8 Å². The Morgan fingerprint density at radius 3 is 2.05 bits per heavy atom. The number of aliphatic carboxylic acids is 2. The van der Waals surface area contributed by atoms with Gasteiger partial charge in [0.25, 0.3) is 5.91 Å². The fourth-order valence-electron chi connectivity index (χ4n) is 4.72. The van der Waals surface area contributed by atoms with Crippen LogP contribution in [0.3, 0.4) is 0 Å². The molecule has 41 heavy (non-hydrogen) atoms. The Morgan fingerprint density at radius 1 is 1.00 bits per heavy atom. The summed E-state index contributed by atoms with van der Waals surface area (Å²) >= 11 is 1.75. The topological polar surface area (TPSA) is 125 Å². The zero-order chi connectivity index (χ0) is 30.4. The average molecular weight is 615 g/mol. The summed E-state index contributed by atoms with van der Waals surface area (Å²) in [6.07, 6.45) is -2.71. The van der Waals surface area contributed by atoms with Crippen LogP contribution >= 0.6 is 11.3 Å². The molecule has 2 saturated heterocycles. The number of nitrogens with zero attached hydrogens (tertiary/aromatic N) is 4. The number of imidazole rings is 1. The number of likely N-dealkylation sites (tertiary alicyclic amines) is 2. The van der Waals surface area contributed by atoms with E-state index in [4.69, 9.17) is 24.5 Å². The molecule has 10 nitrogen and oxygen atoms in total. The van der Waals surface area contributed by atoms with Crippen LogP contribution in [0.15, 0.2) is 29.2 Å². The zero-order valence-electron chi connectivity index (χ0n) is 21.5. The number of carbonyl (C=O) groups excluding carboxylic acids is 1. The van der Waals surface area contributed by atoms with Crippen molar-refractivity contribution in [1.29, 1.82) is 0 Å². The standard InChI is InChI=1S/C20H26N4O2S.2C2HF3O2/c25-18(23-7-1-2-8-23)17-14-24-11-6-21-19(24)20(26-17)4-9-22(10-5-20)13-16-3-12-27-15-16;2*3-2(4,5)1(6)7/h3,6,11-12,15,17H,1-2,4-5,7-10,13-14H2;2*(H,6,7). The highest BCUT2D eigenvalue weighted by molar-refractivity contribution is 7.07. The number of alkyl halides is 6. The molecule has 1 spiro atoms. The summed E-state index contributed by atoms with van der Waals surface area (Å²) in [5.41, 5.74) is 0.955. The molecule has 3 aliphatic rings. The van der Waals surface area contributed by atoms with Crippen LogP contribution in [-0.4, -0.2) is 92.0 Å². The van der Waals surface area contributed by atoms with Gasteiger partial charge in [-0.15, -0.1) is 0 Å². The first-order valence-electron chi connectivity index (χ1n) is 12.4. The first kappa shape index (κ1) is 32.3. The van der Waals surface area contributed by atoms with E-state index in [2.05, 4.69) is 31.3 Å². The van der Waals surface area contributed by atoms with E-state index in [1.54, 1.807) is 11.3 Å². The van der Waals surface area contributed by atoms with Crippen LogP contribution in [0.5, 0.6) is 0 Å². The number of ether oxygens (including phenoxy) is 1. The number of hydrogen-bond donors (Lipinski definition) is 2. The van der Waals surface area contributed by atoms with Crippen molar-refractivity contribution in [3.8, 4) is 0 Å². The second-order valence-corrected chi connectivity index (χ2v) is 10.3. The number of halogens is 6. The molecule has 5 heterocycles. The van der Waals surface area contributed by atoms with E-state index in [9.17, 15) is 31.1 Å². The smallest absolute Gasteiger partial charge is 0.475 e. The molecular formula is C24H28F6N4O6S. The maximum absolute atomic E-state index is 13.0. The van der Waals surface area contributed by atoms with Crippen LogP contribution < -0.4 is 0 Å². The number of carbonyl (C=O) groups is 3. The van der Waals surface area contributed by atoms with Crippen LogP contribution in [0, 0.1) is 0 Å². The first-order valence-corrected chi connectivity index (χ1v) is 13.4. The number of thiophene rings is 1. The summed E-state index contributed by atoms with van der Waals surface area (Å²) in [6.45, 7) is 5.25. The summed E-state index contributed by atoms with van der Waals surface area (Å²) in [6, 6.07) is 2.20. The minimum absolute atomic E-state index is 0.159. The highest BCUT2D eigenvalue weighted by Gasteiger charge is 2.48. The van der Waals surface area contributed by atoms with Gasteiger partial charge in [-0.25, -0.2) is 14.6 Å². The minimum atomic E-state index is -5.08. The number of carboxylic acids is 2. The second kappa shape index (κ2) is 13.2. The third-order valence-corrected chi connectivity index (χ3v) is 7.41. The normalized spacial score (nSPS) is 20.3. The van der Waals surface area contributed by atoms with Crippen molar-refractivity contribution in [2.75, 3.05) is 26.2 Å². The Balaban J connectivity index is 0.000000276. The second-order valence-electron chi connectivity index (χ2n) is 9.55. The van der Waals surface area contributed by atoms with Gasteiger partial charge in [0.15, 0.2) is 6.10 Å². The van der Waals surface area contributed by atoms with Crippen LogP contribution in [0.4, 0.5) is 26.3 Å². The van der Waals surface area contributed by atoms with Crippen LogP contribution in [0.2, 0.25) is 0 Å². The summed E-state index contributed by atoms with van der Waals surface area (Å²) in [5.74, 6) is -4.35. The van der Waals surface area contributed by atoms with E-state index in [0.29, 0.717) is 6.54 Å². The quantitative estimate of drug-likeness (QED) is 0.502. The highest BCUT2D eigenvalue weighted by Crippen LogP contribution is 2.40. The Bertz CT molecular complexity index is 1150. The molecule has 1 unspecified atom stereocenters. The van der Waals surface area contributed by atoms with E-state index >= 15 is 0 Å². The lowest BCUT2D eigenvalue weighted by atomic mass is 9.88. The fourth-order valence-corrected chi connectivity index (χ4v) is 5.38. The van der Waals surface area contributed by atoms with Crippen molar-refractivity contribution in [2.24, 2.45) is 0 Å². The lowest BCUT2D eigenvalue weighted by Gasteiger charge is -2.46. The largest absolute Gasteiger partial charge is 0.490 e. The Kier molecular flexibility index (Phi) is 10.4. The Hall–Kier alpha value is -3.18. The summed E-state index contributed by atoms with van der Waals surface area (Å²) in [4.78, 5) is 39.9. The molecule has 5 rings (SSSR count). The van der Waals surface area contributed by atoms with Gasteiger partial charge in [0, 0.05) is 45.1 Å². The molecule has 2 N–H and O–H groups in total. The number of amides is 1. The summed E-state index contributed by atoms with van der Waals surface area (Å²) in [7, 11) is 0. The van der Waals surface area contributed by atoms with Gasteiger partial charge in [0.05, 0.1) is 6.54 Å². The first-order chi connectivity index (χ1) is 19.1. The molecule has 1 amide bonds. The fraction of sp³-hybridized carbons (Fsp3) is 0.583. The van der Waals surface area contributed by atoms with E-state index < -0.39 is 29.9 Å². The lowest BCUT2D eigenvalue weighted by Crippen LogP contribution is -2.54. The highest BCUT2D eigenvalue weighted by atomic mass is 32.1. The van der Waals surface area contributed by atoms with Crippen molar-refractivity contribution >= 4 is 29.2 Å². The number of aromatic nitrogens is 2. The number of rotatable bonds is 3. The van der Waals surface area contributed by atoms with Gasteiger partial charge in [-0.3, -0.25) is 9.69 Å². The summed E-state index contributed by atoms with van der Waals surface area (Å²) < 4.78 is 72.2. The number of hydrogen-bond acceptors (Lipinski definition) is 7. The van der Waals surface area contributed by atoms with E-state index in [1.807, 2.05) is 17.3 Å². The molecular weight excluding hydrogens is 586 g/mol. The average Bonchev–Trinajstić information content (AvgIpc) is 3.68. The van der Waals surface area contributed by atoms with Gasteiger partial charge in [-0.05, 0) is 48.1 Å². The maximum Gasteiger partial charge on any atom is 0.490 e. The van der Waals surface area contributed by atoms with Crippen LogP contribution in [-0.2, 0) is 37.8 Å². The molecule has 0 radical (unpaired) electrons. The van der Waals surface area contributed by atoms with Crippen LogP contribution in [0.25, 0.3) is 0 Å². The minimum Gasteiger partial charge on any atom is -0.475 e. The summed E-state index contributed by atoms with van der Waals surface area (Å²) in [5, 5.41) is 18.6. The zero-order valence-corrected chi connectivity index (χ0v) is 22.3. The molecule has 0 bridgehead atoms. The molecule has 17 heteroatoms. The predicted octanol–water partition coefficient (Wildman–Crippen LogP) is 3.72. The third-order valence-electron chi connectivity index (χ3n) is 6.68. The van der Waals surface area contributed by atoms with Gasteiger partial charge in [-0.1, -0.05) is 0 Å². The number of piperidine rings is 1. The van der Waals surface area contributed by atoms with Crippen molar-refractivity contribution in [1.82, 2.24) is 19.4 Å². The van der Waals surface area contributed by atoms with Gasteiger partial charge in [-0.2, -0.15) is 37.7 Å². The third kappa shape index (κ3) is 8.65. The van der Waals surface area contributed by atoms with Crippen molar-refractivity contribution in [3.05, 3.63) is 40.6 Å². The predicted molar refractivity (Wildman–Crippen MR) is 131 cm³/mol. The lowest BCUT2D eigenvalue weighted by molar-refractivity contribution is -0.193. The molecule has 0 aliphatic carbocycles. The molecule has 3 aliphatic heterocycles. The molecule has 2 aromatic heterocycles. The van der Waals surface area contributed by atoms with Gasteiger partial charge in [0.2, 0.25) is 0 Å². The van der Waals surface area contributed by atoms with Gasteiger partial charge in [0.1, 0.15) is 11.4 Å². The molecule has 1 atom stereocenters. The van der Waals surface area contributed by atoms with Crippen LogP contribution in [0.1, 0.15) is 37.1 Å². The van der Waals surface area contributed by atoms with E-state index in [0.717, 1.165) is 64.2 Å². The Morgan fingerprint density at radius 2 is 1.56 bits per heavy atom. The van der Waals surface area contributed by atoms with E-state index in [1.165, 1.54) is 5.56 Å². The molecule has 0 aromatic carbocycles. The SMILES string of the molecule is O=C(C1Cn2ccnc2C2(CCN(Cc3ccsc3)CC2)O1)N1CCCC1.O=C(O)C(F)(F)F.O=C(O)C(F)(F)F. The number of fused-ring (bicyclic) bond motifs is 2. The van der Waals surface area contributed by atoms with Crippen molar-refractivity contribution in [3.63, 3.8) is 0 Å². The van der Waals surface area contributed by atoms with Gasteiger partial charge < -0.3 is 24.4 Å². The van der Waals surface area contributed by atoms with Crippen molar-refractivity contribution < 1.29 is 55.7 Å². The molecule has 228 valence electrons. The maximum atomic E-state index is 13.0. The van der Waals surface area contributed by atoms with Gasteiger partial charge >= 0.3 is 24.3 Å². The monoisotopic (exact) mass is 614 g/mol. The Labute approximate surface area is 234 Å². The van der Waals surface area contributed by atoms with E-state index in [-0.39, 0.29) is 12.0 Å². The number of carboxylic acid groups (broad SMARTS) is 2. The molecule has 0 saturated carbocycles.